The van der Waals surface area contributed by atoms with Crippen molar-refractivity contribution in [3.05, 3.63) is 95.0 Å². The third-order valence-corrected chi connectivity index (χ3v) is 11.9. The molecule has 0 bridgehead atoms. The molecule has 1 atom stereocenters. The lowest BCUT2D eigenvalue weighted by Gasteiger charge is -2.32. The molecule has 1 aliphatic rings. The van der Waals surface area contributed by atoms with E-state index in [1.807, 2.05) is 13.0 Å². The first kappa shape index (κ1) is 44.0. The van der Waals surface area contributed by atoms with Crippen LogP contribution in [-0.2, 0) is 27.9 Å². The van der Waals surface area contributed by atoms with Gasteiger partial charge in [-0.25, -0.2) is 14.8 Å². The zero-order chi connectivity index (χ0) is 43.5. The third-order valence-electron chi connectivity index (χ3n) is 10.3. The number of fused-ring (bicyclic) bond motifs is 1. The van der Waals surface area contributed by atoms with Gasteiger partial charge in [-0.05, 0) is 61.9 Å². The monoisotopic (exact) mass is 880 g/mol. The Bertz CT molecular complexity index is 2490. The number of benzene rings is 2. The van der Waals surface area contributed by atoms with E-state index in [-0.39, 0.29) is 30.4 Å². The Kier molecular flexibility index (Phi) is 13.3. The molecule has 0 N–H and O–H groups in total. The van der Waals surface area contributed by atoms with Gasteiger partial charge in [-0.3, -0.25) is 9.58 Å². The number of hydrogen-bond donors (Lipinski definition) is 0. The molecular weight excluding hydrogens is 838 g/mol. The average molecular weight is 881 g/mol. The van der Waals surface area contributed by atoms with Gasteiger partial charge < -0.3 is 28.3 Å². The van der Waals surface area contributed by atoms with E-state index in [1.54, 1.807) is 52.9 Å². The molecular formula is C41H43B2ClF4N6O6S. The molecule has 0 aliphatic carbocycles. The van der Waals surface area contributed by atoms with Gasteiger partial charge in [-0.15, -0.1) is 11.3 Å². The lowest BCUT2D eigenvalue weighted by Crippen LogP contribution is -2.45. The Hall–Kier alpha value is -5.10. The summed E-state index contributed by atoms with van der Waals surface area (Å²) < 4.78 is 85.5. The molecule has 320 valence electrons. The zero-order valence-electron chi connectivity index (χ0n) is 34.2. The van der Waals surface area contributed by atoms with E-state index in [9.17, 15) is 22.4 Å². The first-order valence-electron chi connectivity index (χ1n) is 19.7. The molecule has 0 saturated carbocycles. The fraction of sp³-hybridized carbons (Fsp3) is 0.366. The summed E-state index contributed by atoms with van der Waals surface area (Å²) in [7, 11) is 5.37. The Balaban J connectivity index is 1.23. The van der Waals surface area contributed by atoms with Crippen molar-refractivity contribution in [3.63, 3.8) is 0 Å². The number of furan rings is 1. The van der Waals surface area contributed by atoms with Gasteiger partial charge in [0.2, 0.25) is 12.0 Å². The van der Waals surface area contributed by atoms with E-state index in [0.717, 1.165) is 37.4 Å². The summed E-state index contributed by atoms with van der Waals surface area (Å²) in [6.45, 7) is 7.35. The van der Waals surface area contributed by atoms with Crippen molar-refractivity contribution in [2.75, 3.05) is 53.0 Å². The minimum Gasteiger partial charge on any atom is -0.499 e. The molecule has 1 saturated heterocycles. The zero-order valence-corrected chi connectivity index (χ0v) is 35.8. The standard InChI is InChI=1S/C41H43B2ClF4N6O6S/c1-4-56-39(55)30(21-25-7-5-6-8-27(25)60-41(42,43)31-13-14-51-54(31)22-40(46,47)48)59-37-34-33(36(29-11-12-32(45)58-29)61-38(34)50-23-49-37)26-9-10-28(35(44)24(26)2)57-20-19-53-17-15-52(3)16-18-53/h5-14,23,30H,4,15-22,42-43H2,1-3H3/t30-/m1/s1. The molecule has 0 radical (unpaired) electrons. The van der Waals surface area contributed by atoms with Crippen LogP contribution in [0.4, 0.5) is 17.6 Å². The number of ether oxygens (including phenoxy) is 4. The van der Waals surface area contributed by atoms with Crippen molar-refractivity contribution in [2.45, 2.75) is 44.5 Å². The van der Waals surface area contributed by atoms with Crippen LogP contribution >= 0.6 is 22.9 Å². The van der Waals surface area contributed by atoms with Crippen molar-refractivity contribution < 1.29 is 45.7 Å². The number of esters is 1. The minimum atomic E-state index is -4.50. The fourth-order valence-corrected chi connectivity index (χ4v) is 8.57. The molecule has 1 fully saturated rings. The number of alkyl halides is 3. The van der Waals surface area contributed by atoms with Crippen LogP contribution in [0.1, 0.15) is 23.7 Å². The Morgan fingerprint density at radius 2 is 1.80 bits per heavy atom. The predicted octanol–water partition coefficient (Wildman–Crippen LogP) is 6.11. The maximum Gasteiger partial charge on any atom is 0.408 e. The summed E-state index contributed by atoms with van der Waals surface area (Å²) in [5, 5.41) is 3.39. The molecule has 0 amide bonds. The average Bonchev–Trinajstić information content (AvgIpc) is 3.96. The summed E-state index contributed by atoms with van der Waals surface area (Å²) in [5.41, 5.74) is 2.54. The number of rotatable bonds is 16. The van der Waals surface area contributed by atoms with Gasteiger partial charge >= 0.3 is 12.1 Å². The van der Waals surface area contributed by atoms with Crippen LogP contribution in [-0.4, -0.2) is 116 Å². The molecule has 5 heterocycles. The van der Waals surface area contributed by atoms with E-state index >= 15 is 0 Å². The second kappa shape index (κ2) is 18.5. The van der Waals surface area contributed by atoms with Crippen LogP contribution in [0.3, 0.4) is 0 Å². The molecule has 2 aromatic carbocycles. The number of aromatic nitrogens is 4. The van der Waals surface area contributed by atoms with Crippen LogP contribution in [0.2, 0.25) is 5.02 Å². The topological polar surface area (TPSA) is 117 Å². The lowest BCUT2D eigenvalue weighted by atomic mass is 9.63. The number of thiophene rings is 1. The van der Waals surface area contributed by atoms with Crippen molar-refractivity contribution in [1.82, 2.24) is 29.5 Å². The van der Waals surface area contributed by atoms with Gasteiger partial charge in [0.15, 0.2) is 15.7 Å². The number of hydrogen-bond acceptors (Lipinski definition) is 12. The molecule has 61 heavy (non-hydrogen) atoms. The van der Waals surface area contributed by atoms with Gasteiger partial charge in [0.1, 0.15) is 41.6 Å². The second-order valence-corrected chi connectivity index (χ2v) is 16.5. The van der Waals surface area contributed by atoms with Crippen molar-refractivity contribution >= 4 is 54.8 Å². The van der Waals surface area contributed by atoms with E-state index in [2.05, 4.69) is 31.9 Å². The number of para-hydroxylation sites is 1. The van der Waals surface area contributed by atoms with Crippen molar-refractivity contribution in [3.8, 4) is 39.1 Å². The summed E-state index contributed by atoms with van der Waals surface area (Å²) in [6, 6.07) is 13.9. The summed E-state index contributed by atoms with van der Waals surface area (Å²) in [5.74, 6) is 0.370. The second-order valence-electron chi connectivity index (χ2n) is 15.1. The van der Waals surface area contributed by atoms with Gasteiger partial charge in [-0.1, -0.05) is 35.9 Å². The Morgan fingerprint density at radius 3 is 2.52 bits per heavy atom. The molecule has 20 heteroatoms. The molecule has 0 spiro atoms. The Morgan fingerprint density at radius 1 is 1.03 bits per heavy atom. The maximum absolute atomic E-state index is 14.4. The lowest BCUT2D eigenvalue weighted by molar-refractivity contribution is -0.151. The fourth-order valence-electron chi connectivity index (χ4n) is 7.24. The number of nitrogens with zero attached hydrogens (tertiary/aromatic N) is 6. The summed E-state index contributed by atoms with van der Waals surface area (Å²) in [6.07, 6.45) is -3.30. The SMILES string of the molecule is BC(B)(Oc1ccccc1C[C@@H](Oc1ncnc2sc(-c3ccc(F)o3)c(-c3ccc(OCCN4CCN(C)CC4)c(Cl)c3C)c12)C(=O)OCC)c1ccnn1CC(F)(F)F. The van der Waals surface area contributed by atoms with Crippen LogP contribution in [0.15, 0.2) is 71.5 Å². The third kappa shape index (κ3) is 10.2. The molecule has 1 aliphatic heterocycles. The quantitative estimate of drug-likeness (QED) is 0.0637. The highest BCUT2D eigenvalue weighted by Crippen LogP contribution is 2.50. The van der Waals surface area contributed by atoms with E-state index in [0.29, 0.717) is 60.5 Å². The number of likely N-dealkylation sites (N-methyl/N-ethyl adjacent to an activating group) is 1. The van der Waals surface area contributed by atoms with Crippen molar-refractivity contribution in [1.29, 1.82) is 0 Å². The van der Waals surface area contributed by atoms with Crippen LogP contribution < -0.4 is 14.2 Å². The van der Waals surface area contributed by atoms with Gasteiger partial charge in [0.25, 0.3) is 6.01 Å². The van der Waals surface area contributed by atoms with Crippen LogP contribution in [0.25, 0.3) is 32.0 Å². The number of carbonyl (C=O) groups excluding carboxylic acids is 1. The van der Waals surface area contributed by atoms with Gasteiger partial charge in [-0.2, -0.15) is 22.7 Å². The Labute approximate surface area is 360 Å². The summed E-state index contributed by atoms with van der Waals surface area (Å²) >= 11 is 8.24. The first-order valence-corrected chi connectivity index (χ1v) is 20.9. The van der Waals surface area contributed by atoms with Gasteiger partial charge in [0.05, 0.1) is 33.0 Å². The largest absolute Gasteiger partial charge is 0.499 e. The smallest absolute Gasteiger partial charge is 0.408 e. The van der Waals surface area contributed by atoms with Crippen LogP contribution in [0, 0.1) is 12.9 Å². The molecule has 7 rings (SSSR count). The van der Waals surface area contributed by atoms with E-state index < -0.39 is 36.2 Å². The number of halogens is 5. The molecule has 0 unspecified atom stereocenters. The summed E-state index contributed by atoms with van der Waals surface area (Å²) in [4.78, 5) is 28.4. The maximum atomic E-state index is 14.4. The first-order chi connectivity index (χ1) is 29.1. The normalized spacial score (nSPS) is 14.6. The minimum absolute atomic E-state index is 0.0328. The van der Waals surface area contributed by atoms with E-state index in [1.165, 1.54) is 42.1 Å². The van der Waals surface area contributed by atoms with Crippen molar-refractivity contribution in [2.24, 2.45) is 0 Å². The van der Waals surface area contributed by atoms with E-state index in [4.69, 9.17) is 35.0 Å². The number of piperazine rings is 1. The molecule has 6 aromatic rings. The highest BCUT2D eigenvalue weighted by molar-refractivity contribution is 7.22. The predicted molar refractivity (Wildman–Crippen MR) is 229 cm³/mol. The highest BCUT2D eigenvalue weighted by atomic mass is 35.5. The highest BCUT2D eigenvalue weighted by Gasteiger charge is 2.35. The molecule has 4 aromatic heterocycles. The number of carbonyl (C=O) groups is 1. The van der Waals surface area contributed by atoms with Gasteiger partial charge in [0, 0.05) is 57.0 Å². The molecule has 12 nitrogen and oxygen atoms in total. The van der Waals surface area contributed by atoms with Crippen LogP contribution in [0.5, 0.6) is 17.4 Å².